The van der Waals surface area contributed by atoms with E-state index in [0.717, 1.165) is 5.56 Å². The number of urea groups is 1. The zero-order chi connectivity index (χ0) is 11.8. The minimum Gasteiger partial charge on any atom is -0.373 e. The van der Waals surface area contributed by atoms with Crippen molar-refractivity contribution in [3.8, 4) is 0 Å². The first-order valence-electron chi connectivity index (χ1n) is 5.04. The Labute approximate surface area is 99.6 Å². The number of halogens is 1. The van der Waals surface area contributed by atoms with Gasteiger partial charge in [-0.3, -0.25) is 0 Å². The summed E-state index contributed by atoms with van der Waals surface area (Å²) in [5, 5.41) is 14.5. The Bertz CT molecular complexity index is 319. The lowest BCUT2D eigenvalue weighted by atomic mass is 10.1. The molecular formula is C11H15ClN2O2. The molecule has 0 spiro atoms. The SMILES string of the molecule is O=C(NCCCl)NC(O)Cc1ccccc1. The number of nitrogens with one attached hydrogen (secondary N) is 2. The van der Waals surface area contributed by atoms with E-state index < -0.39 is 12.3 Å². The van der Waals surface area contributed by atoms with Crippen LogP contribution in [0.4, 0.5) is 4.79 Å². The molecule has 0 aliphatic carbocycles. The summed E-state index contributed by atoms with van der Waals surface area (Å²) in [6.07, 6.45) is -0.507. The van der Waals surface area contributed by atoms with Crippen molar-refractivity contribution in [2.24, 2.45) is 0 Å². The molecule has 1 unspecified atom stereocenters. The van der Waals surface area contributed by atoms with E-state index in [4.69, 9.17) is 11.6 Å². The lowest BCUT2D eigenvalue weighted by molar-refractivity contribution is 0.141. The minimum atomic E-state index is -0.891. The van der Waals surface area contributed by atoms with Crippen LogP contribution >= 0.6 is 11.6 Å². The van der Waals surface area contributed by atoms with Gasteiger partial charge in [0.1, 0.15) is 6.23 Å². The molecule has 1 atom stereocenters. The molecule has 0 saturated carbocycles. The largest absolute Gasteiger partial charge is 0.373 e. The van der Waals surface area contributed by atoms with Crippen molar-refractivity contribution in [1.82, 2.24) is 10.6 Å². The highest BCUT2D eigenvalue weighted by Crippen LogP contribution is 2.01. The minimum absolute atomic E-state index is 0.349. The predicted octanol–water partition coefficient (Wildman–Crippen LogP) is 1.09. The normalized spacial score (nSPS) is 11.9. The Balaban J connectivity index is 2.30. The summed E-state index contributed by atoms with van der Waals surface area (Å²) in [5.41, 5.74) is 0.965. The van der Waals surface area contributed by atoms with Crippen LogP contribution in [-0.4, -0.2) is 29.8 Å². The van der Waals surface area contributed by atoms with Crippen molar-refractivity contribution < 1.29 is 9.90 Å². The molecule has 0 heterocycles. The first kappa shape index (κ1) is 12.8. The van der Waals surface area contributed by atoms with Gasteiger partial charge in [-0.2, -0.15) is 0 Å². The number of aliphatic hydroxyl groups is 1. The molecule has 1 aromatic rings. The molecule has 0 aliphatic rings. The fourth-order valence-electron chi connectivity index (χ4n) is 1.25. The van der Waals surface area contributed by atoms with Crippen LogP contribution in [0, 0.1) is 0 Å². The summed E-state index contributed by atoms with van der Waals surface area (Å²) >= 11 is 5.41. The Morgan fingerprint density at radius 3 is 2.69 bits per heavy atom. The van der Waals surface area contributed by atoms with Gasteiger partial charge in [0.2, 0.25) is 0 Å². The molecule has 0 radical (unpaired) electrons. The summed E-state index contributed by atoms with van der Waals surface area (Å²) in [4.78, 5) is 11.2. The number of hydrogen-bond donors (Lipinski definition) is 3. The average molecular weight is 243 g/mol. The molecule has 0 bridgehead atoms. The van der Waals surface area contributed by atoms with Gasteiger partial charge in [-0.15, -0.1) is 11.6 Å². The summed E-state index contributed by atoms with van der Waals surface area (Å²) in [6.45, 7) is 0.380. The van der Waals surface area contributed by atoms with Crippen LogP contribution in [0.15, 0.2) is 30.3 Å². The van der Waals surface area contributed by atoms with Crippen molar-refractivity contribution in [1.29, 1.82) is 0 Å². The number of benzene rings is 1. The number of alkyl halides is 1. The van der Waals surface area contributed by atoms with Gasteiger partial charge in [-0.1, -0.05) is 30.3 Å². The summed E-state index contributed by atoms with van der Waals surface area (Å²) in [6, 6.07) is 9.04. The second-order valence-corrected chi connectivity index (χ2v) is 3.67. The molecule has 5 heteroatoms. The lowest BCUT2D eigenvalue weighted by Crippen LogP contribution is -2.43. The second kappa shape index (κ2) is 7.09. The van der Waals surface area contributed by atoms with E-state index in [1.54, 1.807) is 0 Å². The van der Waals surface area contributed by atoms with Gasteiger partial charge in [-0.25, -0.2) is 4.79 Å². The third-order valence-electron chi connectivity index (χ3n) is 1.95. The maximum Gasteiger partial charge on any atom is 0.316 e. The lowest BCUT2D eigenvalue weighted by Gasteiger charge is -2.13. The van der Waals surface area contributed by atoms with Gasteiger partial charge >= 0.3 is 6.03 Å². The van der Waals surface area contributed by atoms with Gasteiger partial charge in [0, 0.05) is 18.8 Å². The number of aliphatic hydroxyl groups excluding tert-OH is 1. The number of rotatable bonds is 5. The van der Waals surface area contributed by atoms with E-state index in [1.807, 2.05) is 30.3 Å². The van der Waals surface area contributed by atoms with E-state index in [9.17, 15) is 9.90 Å². The molecule has 1 aromatic carbocycles. The highest BCUT2D eigenvalue weighted by atomic mass is 35.5. The first-order valence-corrected chi connectivity index (χ1v) is 5.58. The molecule has 0 aliphatic heterocycles. The van der Waals surface area contributed by atoms with Crippen molar-refractivity contribution in [2.45, 2.75) is 12.6 Å². The third-order valence-corrected chi connectivity index (χ3v) is 2.14. The van der Waals surface area contributed by atoms with Crippen molar-refractivity contribution >= 4 is 17.6 Å². The Hall–Kier alpha value is -1.26. The van der Waals surface area contributed by atoms with E-state index in [-0.39, 0.29) is 0 Å². The molecule has 2 amide bonds. The highest BCUT2D eigenvalue weighted by Gasteiger charge is 2.08. The van der Waals surface area contributed by atoms with Crippen LogP contribution in [0.5, 0.6) is 0 Å². The fourth-order valence-corrected chi connectivity index (χ4v) is 1.35. The maximum atomic E-state index is 11.2. The summed E-state index contributed by atoms with van der Waals surface area (Å²) in [7, 11) is 0. The van der Waals surface area contributed by atoms with Crippen LogP contribution in [0.1, 0.15) is 5.56 Å². The Morgan fingerprint density at radius 1 is 1.38 bits per heavy atom. The van der Waals surface area contributed by atoms with Gasteiger partial charge in [0.25, 0.3) is 0 Å². The van der Waals surface area contributed by atoms with E-state index in [1.165, 1.54) is 0 Å². The quantitative estimate of drug-likeness (QED) is 0.535. The number of carbonyl (C=O) groups is 1. The van der Waals surface area contributed by atoms with Crippen LogP contribution in [0.2, 0.25) is 0 Å². The monoisotopic (exact) mass is 242 g/mol. The van der Waals surface area contributed by atoms with Crippen LogP contribution in [0.3, 0.4) is 0 Å². The highest BCUT2D eigenvalue weighted by molar-refractivity contribution is 6.18. The van der Waals surface area contributed by atoms with Crippen molar-refractivity contribution in [3.05, 3.63) is 35.9 Å². The van der Waals surface area contributed by atoms with Crippen LogP contribution in [0.25, 0.3) is 0 Å². The Kier molecular flexibility index (Phi) is 5.67. The average Bonchev–Trinajstić information content (AvgIpc) is 2.27. The molecule has 0 fully saturated rings. The van der Waals surface area contributed by atoms with Gasteiger partial charge in [0.15, 0.2) is 0 Å². The van der Waals surface area contributed by atoms with Gasteiger partial charge in [-0.05, 0) is 5.56 Å². The predicted molar refractivity (Wildman–Crippen MR) is 63.4 cm³/mol. The number of amides is 2. The topological polar surface area (TPSA) is 61.4 Å². The first-order chi connectivity index (χ1) is 7.72. The zero-order valence-corrected chi connectivity index (χ0v) is 9.57. The van der Waals surface area contributed by atoms with Gasteiger partial charge in [0.05, 0.1) is 0 Å². The number of hydrogen-bond acceptors (Lipinski definition) is 2. The smallest absolute Gasteiger partial charge is 0.316 e. The molecular weight excluding hydrogens is 228 g/mol. The fraction of sp³-hybridized carbons (Fsp3) is 0.364. The van der Waals surface area contributed by atoms with Crippen molar-refractivity contribution in [3.63, 3.8) is 0 Å². The maximum absolute atomic E-state index is 11.2. The summed E-state index contributed by atoms with van der Waals surface area (Å²) < 4.78 is 0. The summed E-state index contributed by atoms with van der Waals surface area (Å²) in [5.74, 6) is 0.349. The Morgan fingerprint density at radius 2 is 2.06 bits per heavy atom. The van der Waals surface area contributed by atoms with Crippen LogP contribution < -0.4 is 10.6 Å². The molecule has 3 N–H and O–H groups in total. The van der Waals surface area contributed by atoms with Crippen LogP contribution in [-0.2, 0) is 6.42 Å². The standard InChI is InChI=1S/C11H15ClN2O2/c12-6-7-13-11(16)14-10(15)8-9-4-2-1-3-5-9/h1-5,10,15H,6-8H2,(H2,13,14,16). The van der Waals surface area contributed by atoms with E-state index in [2.05, 4.69) is 10.6 Å². The molecule has 88 valence electrons. The number of carbonyl (C=O) groups excluding carboxylic acids is 1. The van der Waals surface area contributed by atoms with E-state index in [0.29, 0.717) is 18.8 Å². The van der Waals surface area contributed by atoms with Crippen molar-refractivity contribution in [2.75, 3.05) is 12.4 Å². The molecule has 0 saturated heterocycles. The second-order valence-electron chi connectivity index (χ2n) is 3.29. The molecule has 0 aromatic heterocycles. The molecule has 1 rings (SSSR count). The van der Waals surface area contributed by atoms with E-state index >= 15 is 0 Å². The zero-order valence-electron chi connectivity index (χ0n) is 8.82. The molecule has 4 nitrogen and oxygen atoms in total. The molecule has 16 heavy (non-hydrogen) atoms. The third kappa shape index (κ3) is 5.00. The van der Waals surface area contributed by atoms with Gasteiger partial charge < -0.3 is 15.7 Å².